The molecule has 1 aromatic heterocycles. The maximum Gasteiger partial charge on any atom is 0.146 e. The first-order valence-corrected chi connectivity index (χ1v) is 5.28. The molecule has 1 aliphatic rings. The highest BCUT2D eigenvalue weighted by Gasteiger charge is 2.16. The molecule has 1 saturated heterocycles. The lowest BCUT2D eigenvalue weighted by atomic mass is 10.1. The van der Waals surface area contributed by atoms with Crippen LogP contribution in [0.3, 0.4) is 0 Å². The van der Waals surface area contributed by atoms with Crippen LogP contribution in [0.25, 0.3) is 0 Å². The first kappa shape index (κ1) is 8.13. The summed E-state index contributed by atoms with van der Waals surface area (Å²) >= 11 is 1.92. The molecule has 1 aliphatic heterocycles. The van der Waals surface area contributed by atoms with Gasteiger partial charge < -0.3 is 9.84 Å². The lowest BCUT2D eigenvalue weighted by molar-refractivity contribution is 0.383. The summed E-state index contributed by atoms with van der Waals surface area (Å²) in [6, 6.07) is 1.92. The molecule has 3 nitrogen and oxygen atoms in total. The van der Waals surface area contributed by atoms with Gasteiger partial charge >= 0.3 is 0 Å². The Labute approximate surface area is 75.9 Å². The van der Waals surface area contributed by atoms with Crippen LogP contribution in [0.4, 0.5) is 0 Å². The van der Waals surface area contributed by atoms with Gasteiger partial charge in [-0.05, 0) is 24.8 Å². The van der Waals surface area contributed by atoms with E-state index in [1.807, 2.05) is 17.8 Å². The van der Waals surface area contributed by atoms with Crippen molar-refractivity contribution in [1.82, 2.24) is 10.5 Å². The Balaban J connectivity index is 1.62. The standard InChI is InChI=1S/C8H12N2OS/c1-2-10-11-8(1)6-12-5-7-3-9-4-7/h1-2,7,9H,3-6H2. The fourth-order valence-electron chi connectivity index (χ4n) is 1.11. The molecular formula is C8H12N2OS. The average molecular weight is 184 g/mol. The molecule has 2 rings (SSSR count). The van der Waals surface area contributed by atoms with E-state index in [2.05, 4.69) is 10.5 Å². The van der Waals surface area contributed by atoms with Crippen LogP contribution in [0.2, 0.25) is 0 Å². The number of hydrogen-bond acceptors (Lipinski definition) is 4. The molecule has 1 fully saturated rings. The van der Waals surface area contributed by atoms with Crippen molar-refractivity contribution in [1.29, 1.82) is 0 Å². The van der Waals surface area contributed by atoms with E-state index in [9.17, 15) is 0 Å². The number of hydrogen-bond donors (Lipinski definition) is 1. The van der Waals surface area contributed by atoms with E-state index in [4.69, 9.17) is 4.52 Å². The van der Waals surface area contributed by atoms with E-state index in [-0.39, 0.29) is 0 Å². The Morgan fingerprint density at radius 2 is 2.58 bits per heavy atom. The number of thioether (sulfide) groups is 1. The Hall–Kier alpha value is -0.480. The molecule has 0 atom stereocenters. The quantitative estimate of drug-likeness (QED) is 0.761. The molecule has 0 radical (unpaired) electrons. The fraction of sp³-hybridized carbons (Fsp3) is 0.625. The third-order valence-corrected chi connectivity index (χ3v) is 3.15. The monoisotopic (exact) mass is 184 g/mol. The Kier molecular flexibility index (Phi) is 2.68. The summed E-state index contributed by atoms with van der Waals surface area (Å²) in [6.07, 6.45) is 1.70. The molecule has 0 aromatic carbocycles. The summed E-state index contributed by atoms with van der Waals surface area (Å²) in [5.74, 6) is 4.04. The zero-order valence-electron chi connectivity index (χ0n) is 6.82. The van der Waals surface area contributed by atoms with Crippen LogP contribution in [0, 0.1) is 5.92 Å². The Morgan fingerprint density at radius 3 is 3.17 bits per heavy atom. The molecule has 4 heteroatoms. The largest absolute Gasteiger partial charge is 0.361 e. The molecule has 1 aromatic rings. The molecule has 1 N–H and O–H groups in total. The van der Waals surface area contributed by atoms with Crippen molar-refractivity contribution >= 4 is 11.8 Å². The zero-order valence-corrected chi connectivity index (χ0v) is 7.64. The summed E-state index contributed by atoms with van der Waals surface area (Å²) in [4.78, 5) is 0. The molecule has 2 heterocycles. The van der Waals surface area contributed by atoms with Gasteiger partial charge in [-0.2, -0.15) is 11.8 Å². The molecule has 12 heavy (non-hydrogen) atoms. The normalized spacial score (nSPS) is 17.7. The van der Waals surface area contributed by atoms with Gasteiger partial charge in [-0.1, -0.05) is 5.16 Å². The zero-order chi connectivity index (χ0) is 8.23. The van der Waals surface area contributed by atoms with Crippen LogP contribution in [0.15, 0.2) is 16.8 Å². The van der Waals surface area contributed by atoms with E-state index in [1.54, 1.807) is 6.20 Å². The van der Waals surface area contributed by atoms with Gasteiger partial charge in [0, 0.05) is 6.07 Å². The molecule has 0 aliphatic carbocycles. The fourth-order valence-corrected chi connectivity index (χ4v) is 2.15. The molecule has 0 spiro atoms. The van der Waals surface area contributed by atoms with Crippen molar-refractivity contribution < 1.29 is 4.52 Å². The summed E-state index contributed by atoms with van der Waals surface area (Å²) in [6.45, 7) is 2.37. The maximum absolute atomic E-state index is 4.98. The first-order chi connectivity index (χ1) is 5.95. The van der Waals surface area contributed by atoms with Crippen LogP contribution in [-0.2, 0) is 5.75 Å². The first-order valence-electron chi connectivity index (χ1n) is 4.13. The van der Waals surface area contributed by atoms with Crippen molar-refractivity contribution in [2.45, 2.75) is 5.75 Å². The number of nitrogens with zero attached hydrogens (tertiary/aromatic N) is 1. The number of rotatable bonds is 4. The van der Waals surface area contributed by atoms with E-state index in [0.29, 0.717) is 0 Å². The predicted octanol–water partition coefficient (Wildman–Crippen LogP) is 1.13. The lowest BCUT2D eigenvalue weighted by Crippen LogP contribution is -2.43. The topological polar surface area (TPSA) is 38.1 Å². The maximum atomic E-state index is 4.98. The van der Waals surface area contributed by atoms with Crippen LogP contribution in [-0.4, -0.2) is 24.0 Å². The second kappa shape index (κ2) is 3.96. The van der Waals surface area contributed by atoms with Gasteiger partial charge in [-0.15, -0.1) is 0 Å². The summed E-state index contributed by atoms with van der Waals surface area (Å²) in [7, 11) is 0. The van der Waals surface area contributed by atoms with Gasteiger partial charge in [0.15, 0.2) is 0 Å². The summed E-state index contributed by atoms with van der Waals surface area (Å²) < 4.78 is 4.98. The third kappa shape index (κ3) is 2.01. The molecule has 0 bridgehead atoms. The Bertz CT molecular complexity index is 221. The van der Waals surface area contributed by atoms with Crippen LogP contribution in [0.1, 0.15) is 5.76 Å². The van der Waals surface area contributed by atoms with Crippen molar-refractivity contribution in [3.05, 3.63) is 18.0 Å². The lowest BCUT2D eigenvalue weighted by Gasteiger charge is -2.26. The SMILES string of the molecule is c1cc(CSCC2CNC2)on1. The molecule has 66 valence electrons. The number of aromatic nitrogens is 1. The highest BCUT2D eigenvalue weighted by Crippen LogP contribution is 2.16. The third-order valence-electron chi connectivity index (χ3n) is 1.96. The minimum atomic E-state index is 0.873. The van der Waals surface area contributed by atoms with Crippen molar-refractivity contribution in [2.75, 3.05) is 18.8 Å². The van der Waals surface area contributed by atoms with Crippen LogP contribution < -0.4 is 5.32 Å². The summed E-state index contributed by atoms with van der Waals surface area (Å²) in [5, 5.41) is 6.91. The van der Waals surface area contributed by atoms with Gasteiger partial charge in [0.1, 0.15) is 5.76 Å². The molecule has 0 saturated carbocycles. The smallest absolute Gasteiger partial charge is 0.146 e. The minimum absolute atomic E-state index is 0.873. The van der Waals surface area contributed by atoms with Gasteiger partial charge in [0.2, 0.25) is 0 Å². The highest BCUT2D eigenvalue weighted by atomic mass is 32.2. The highest BCUT2D eigenvalue weighted by molar-refractivity contribution is 7.98. The van der Waals surface area contributed by atoms with Gasteiger partial charge in [0.05, 0.1) is 11.9 Å². The molecular weight excluding hydrogens is 172 g/mol. The molecule has 0 unspecified atom stereocenters. The Morgan fingerprint density at radius 1 is 1.67 bits per heavy atom. The van der Waals surface area contributed by atoms with Crippen molar-refractivity contribution in [3.63, 3.8) is 0 Å². The second-order valence-electron chi connectivity index (χ2n) is 3.02. The summed E-state index contributed by atoms with van der Waals surface area (Å²) in [5.41, 5.74) is 0. The van der Waals surface area contributed by atoms with Gasteiger partial charge in [-0.25, -0.2) is 0 Å². The van der Waals surface area contributed by atoms with Crippen LogP contribution in [0.5, 0.6) is 0 Å². The van der Waals surface area contributed by atoms with E-state index in [1.165, 1.54) is 18.8 Å². The van der Waals surface area contributed by atoms with E-state index < -0.39 is 0 Å². The second-order valence-corrected chi connectivity index (χ2v) is 4.05. The number of nitrogens with one attached hydrogen (secondary N) is 1. The van der Waals surface area contributed by atoms with E-state index >= 15 is 0 Å². The minimum Gasteiger partial charge on any atom is -0.361 e. The van der Waals surface area contributed by atoms with Gasteiger partial charge in [0.25, 0.3) is 0 Å². The van der Waals surface area contributed by atoms with Crippen molar-refractivity contribution in [2.24, 2.45) is 5.92 Å². The van der Waals surface area contributed by atoms with E-state index in [0.717, 1.165) is 17.4 Å². The van der Waals surface area contributed by atoms with Crippen molar-refractivity contribution in [3.8, 4) is 0 Å². The molecule has 0 amide bonds. The predicted molar refractivity (Wildman–Crippen MR) is 49.0 cm³/mol. The van der Waals surface area contributed by atoms with Crippen LogP contribution >= 0.6 is 11.8 Å². The average Bonchev–Trinajstić information content (AvgIpc) is 2.46. The van der Waals surface area contributed by atoms with Gasteiger partial charge in [-0.3, -0.25) is 0 Å².